The van der Waals surface area contributed by atoms with Crippen LogP contribution in [-0.4, -0.2) is 72.4 Å². The van der Waals surface area contributed by atoms with E-state index < -0.39 is 53.0 Å². The fraction of sp³-hybridized carbons (Fsp3) is 0.500. The molecule has 10 heteroatoms. The number of anilines is 1. The van der Waals surface area contributed by atoms with Gasteiger partial charge in [-0.25, -0.2) is 9.18 Å². The number of hydrogen-bond acceptors (Lipinski definition) is 6. The Morgan fingerprint density at radius 1 is 1.27 bits per heavy atom. The van der Waals surface area contributed by atoms with E-state index in [1.54, 1.807) is 6.92 Å². The number of halogens is 1. The first-order valence-corrected chi connectivity index (χ1v) is 9.63. The van der Waals surface area contributed by atoms with Gasteiger partial charge in [-0.1, -0.05) is 0 Å². The minimum atomic E-state index is -1.38. The van der Waals surface area contributed by atoms with E-state index in [1.165, 1.54) is 50.2 Å². The van der Waals surface area contributed by atoms with Crippen LogP contribution in [-0.2, 0) is 19.1 Å². The number of amides is 4. The van der Waals surface area contributed by atoms with Crippen molar-refractivity contribution in [2.75, 3.05) is 32.6 Å². The van der Waals surface area contributed by atoms with Crippen LogP contribution in [0.15, 0.2) is 24.3 Å². The van der Waals surface area contributed by atoms with Gasteiger partial charge in [0.1, 0.15) is 11.4 Å². The van der Waals surface area contributed by atoms with Crippen LogP contribution in [0.3, 0.4) is 0 Å². The van der Waals surface area contributed by atoms with E-state index in [9.17, 15) is 23.6 Å². The van der Waals surface area contributed by atoms with E-state index in [0.29, 0.717) is 12.2 Å². The molecule has 4 atom stereocenters. The van der Waals surface area contributed by atoms with Crippen LogP contribution in [0.4, 0.5) is 14.9 Å². The molecule has 9 nitrogen and oxygen atoms in total. The number of benzene rings is 1. The lowest BCUT2D eigenvalue weighted by atomic mass is 9.81. The van der Waals surface area contributed by atoms with Gasteiger partial charge in [-0.3, -0.25) is 24.6 Å². The average Bonchev–Trinajstić information content (AvgIpc) is 3.15. The largest absolute Gasteiger partial charge is 0.468 e. The summed E-state index contributed by atoms with van der Waals surface area (Å²) in [5.41, 5.74) is -0.961. The Kier molecular flexibility index (Phi) is 5.80. The molecule has 0 unspecified atom stereocenters. The highest BCUT2D eigenvalue weighted by molar-refractivity contribution is 6.09. The SMILES string of the molecule is CCN(C[C@H]1N[C@@](C)(C(=O)OC)[C@H]2C(=O)N(C)C(=O)[C@@H]12)C(=O)Nc1ccc(F)cc1. The quantitative estimate of drug-likeness (QED) is 0.539. The molecule has 2 N–H and O–H groups in total. The number of fused-ring (bicyclic) bond motifs is 1. The third-order valence-electron chi connectivity index (χ3n) is 5.90. The second-order valence-corrected chi connectivity index (χ2v) is 7.66. The topological polar surface area (TPSA) is 108 Å². The van der Waals surface area contributed by atoms with Gasteiger partial charge in [0.05, 0.1) is 18.9 Å². The van der Waals surface area contributed by atoms with E-state index in [2.05, 4.69) is 10.6 Å². The highest BCUT2D eigenvalue weighted by Gasteiger charge is 2.66. The number of rotatable bonds is 5. The fourth-order valence-corrected chi connectivity index (χ4v) is 4.30. The molecule has 0 radical (unpaired) electrons. The first-order chi connectivity index (χ1) is 14.1. The molecule has 2 fully saturated rings. The van der Waals surface area contributed by atoms with Crippen LogP contribution in [0.2, 0.25) is 0 Å². The second kappa shape index (κ2) is 8.02. The summed E-state index contributed by atoms with van der Waals surface area (Å²) in [6.07, 6.45) is 0. The number of urea groups is 1. The summed E-state index contributed by atoms with van der Waals surface area (Å²) in [5, 5.41) is 5.75. The minimum Gasteiger partial charge on any atom is -0.468 e. The second-order valence-electron chi connectivity index (χ2n) is 7.66. The number of likely N-dealkylation sites (N-methyl/N-ethyl adjacent to an activating group) is 1. The molecule has 1 aromatic carbocycles. The zero-order valence-electron chi connectivity index (χ0n) is 17.3. The van der Waals surface area contributed by atoms with Gasteiger partial charge in [-0.05, 0) is 38.1 Å². The molecule has 2 aliphatic rings. The van der Waals surface area contributed by atoms with Gasteiger partial charge in [0.2, 0.25) is 11.8 Å². The Hall–Kier alpha value is -3.01. The van der Waals surface area contributed by atoms with Crippen molar-refractivity contribution in [2.45, 2.75) is 25.4 Å². The van der Waals surface area contributed by atoms with Gasteiger partial charge < -0.3 is 15.0 Å². The van der Waals surface area contributed by atoms with E-state index >= 15 is 0 Å². The summed E-state index contributed by atoms with van der Waals surface area (Å²) < 4.78 is 18.0. The summed E-state index contributed by atoms with van der Waals surface area (Å²) >= 11 is 0. The summed E-state index contributed by atoms with van der Waals surface area (Å²) in [7, 11) is 2.60. The maximum atomic E-state index is 13.1. The molecule has 0 saturated carbocycles. The summed E-state index contributed by atoms with van der Waals surface area (Å²) in [5.74, 6) is -3.62. The predicted octanol–water partition coefficient (Wildman–Crippen LogP) is 0.814. The van der Waals surface area contributed by atoms with Crippen LogP contribution in [0.5, 0.6) is 0 Å². The Labute approximate surface area is 173 Å². The predicted molar refractivity (Wildman–Crippen MR) is 105 cm³/mol. The van der Waals surface area contributed by atoms with Crippen LogP contribution in [0, 0.1) is 17.7 Å². The summed E-state index contributed by atoms with van der Waals surface area (Å²) in [6.45, 7) is 3.71. The number of nitrogens with one attached hydrogen (secondary N) is 2. The molecule has 4 amide bonds. The smallest absolute Gasteiger partial charge is 0.326 e. The number of nitrogens with zero attached hydrogens (tertiary/aromatic N) is 2. The molecular weight excluding hydrogens is 395 g/mol. The Morgan fingerprint density at radius 3 is 2.47 bits per heavy atom. The van der Waals surface area contributed by atoms with E-state index in [-0.39, 0.29) is 6.54 Å². The molecule has 3 rings (SSSR count). The summed E-state index contributed by atoms with van der Waals surface area (Å²) in [6, 6.07) is 4.27. The molecule has 2 heterocycles. The van der Waals surface area contributed by atoms with Gasteiger partial charge in [-0.15, -0.1) is 0 Å². The van der Waals surface area contributed by atoms with Gasteiger partial charge >= 0.3 is 12.0 Å². The number of carbonyl (C=O) groups is 4. The normalized spacial score (nSPS) is 27.8. The van der Waals surface area contributed by atoms with Crippen molar-refractivity contribution in [3.8, 4) is 0 Å². The van der Waals surface area contributed by atoms with Crippen molar-refractivity contribution < 1.29 is 28.3 Å². The van der Waals surface area contributed by atoms with Crippen LogP contribution in [0.1, 0.15) is 13.8 Å². The average molecular weight is 420 g/mol. The van der Waals surface area contributed by atoms with Crippen molar-refractivity contribution in [3.63, 3.8) is 0 Å². The number of imide groups is 1. The molecule has 0 bridgehead atoms. The maximum Gasteiger partial charge on any atom is 0.326 e. The number of ether oxygens (including phenoxy) is 1. The zero-order chi connectivity index (χ0) is 22.2. The van der Waals surface area contributed by atoms with Crippen molar-refractivity contribution in [3.05, 3.63) is 30.1 Å². The van der Waals surface area contributed by atoms with Gasteiger partial charge in [-0.2, -0.15) is 0 Å². The Balaban J connectivity index is 1.82. The molecule has 2 aliphatic heterocycles. The lowest BCUT2D eigenvalue weighted by molar-refractivity contribution is -0.152. The molecule has 162 valence electrons. The lowest BCUT2D eigenvalue weighted by Crippen LogP contribution is -2.56. The van der Waals surface area contributed by atoms with Crippen molar-refractivity contribution in [1.29, 1.82) is 0 Å². The van der Waals surface area contributed by atoms with Crippen molar-refractivity contribution >= 4 is 29.5 Å². The van der Waals surface area contributed by atoms with E-state index in [0.717, 1.165) is 4.90 Å². The van der Waals surface area contributed by atoms with Gasteiger partial charge in [0, 0.05) is 31.9 Å². The highest BCUT2D eigenvalue weighted by Crippen LogP contribution is 2.43. The van der Waals surface area contributed by atoms with E-state index in [4.69, 9.17) is 4.74 Å². The fourth-order valence-electron chi connectivity index (χ4n) is 4.30. The molecular formula is C20H25FN4O5. The van der Waals surface area contributed by atoms with Crippen LogP contribution in [0.25, 0.3) is 0 Å². The lowest BCUT2D eigenvalue weighted by Gasteiger charge is -2.30. The van der Waals surface area contributed by atoms with Crippen LogP contribution < -0.4 is 10.6 Å². The number of carbonyl (C=O) groups excluding carboxylic acids is 4. The van der Waals surface area contributed by atoms with Crippen LogP contribution >= 0.6 is 0 Å². The number of esters is 1. The summed E-state index contributed by atoms with van der Waals surface area (Å²) in [4.78, 5) is 53.0. The first kappa shape index (κ1) is 21.7. The zero-order valence-corrected chi connectivity index (χ0v) is 17.3. The van der Waals surface area contributed by atoms with Crippen molar-refractivity contribution in [1.82, 2.24) is 15.1 Å². The number of hydrogen-bond donors (Lipinski definition) is 2. The third-order valence-corrected chi connectivity index (χ3v) is 5.90. The Morgan fingerprint density at radius 2 is 1.90 bits per heavy atom. The van der Waals surface area contributed by atoms with Crippen molar-refractivity contribution in [2.24, 2.45) is 11.8 Å². The molecule has 0 spiro atoms. The monoisotopic (exact) mass is 420 g/mol. The molecule has 0 aliphatic carbocycles. The maximum absolute atomic E-state index is 13.1. The molecule has 2 saturated heterocycles. The van der Waals surface area contributed by atoms with Gasteiger partial charge in [0.25, 0.3) is 0 Å². The third kappa shape index (κ3) is 3.51. The molecule has 1 aromatic rings. The van der Waals surface area contributed by atoms with Gasteiger partial charge in [0.15, 0.2) is 0 Å². The number of likely N-dealkylation sites (tertiary alicyclic amines) is 1. The Bertz CT molecular complexity index is 876. The first-order valence-electron chi connectivity index (χ1n) is 9.63. The minimum absolute atomic E-state index is 0.0874. The van der Waals surface area contributed by atoms with E-state index in [1.807, 2.05) is 0 Å². The molecule has 30 heavy (non-hydrogen) atoms. The number of methoxy groups -OCH3 is 1. The highest BCUT2D eigenvalue weighted by atomic mass is 19.1. The molecule has 0 aromatic heterocycles. The standard InChI is InChI=1S/C20H25FN4O5/c1-5-25(19(29)22-12-8-6-11(21)7-9-12)10-13-14-15(17(27)24(3)16(14)26)20(2,23-13)18(28)30-4/h6-9,13-15,23H,5,10H2,1-4H3,(H,22,29)/t13-,14+,15-,20-/m1/s1.